The summed E-state index contributed by atoms with van der Waals surface area (Å²) in [6.45, 7) is -0.784. The molecular formula is C10H12F2N2O3. The first-order valence-corrected chi connectivity index (χ1v) is 4.86. The molecule has 0 heterocycles. The summed E-state index contributed by atoms with van der Waals surface area (Å²) in [5.74, 6) is 0. The van der Waals surface area contributed by atoms with Gasteiger partial charge in [-0.05, 0) is 0 Å². The molecule has 1 aromatic carbocycles. The molecule has 1 N–H and O–H groups in total. The van der Waals surface area contributed by atoms with Crippen LogP contribution in [0.3, 0.4) is 0 Å². The molecule has 0 bridgehead atoms. The van der Waals surface area contributed by atoms with Crippen molar-refractivity contribution in [2.75, 3.05) is 19.0 Å². The summed E-state index contributed by atoms with van der Waals surface area (Å²) in [6.07, 6.45) is -2.55. The van der Waals surface area contributed by atoms with Crippen LogP contribution in [0.1, 0.15) is 5.56 Å². The number of rotatable bonds is 6. The molecule has 7 heteroatoms. The van der Waals surface area contributed by atoms with Crippen molar-refractivity contribution in [1.29, 1.82) is 0 Å². The summed E-state index contributed by atoms with van der Waals surface area (Å²) >= 11 is 0. The SMILES string of the molecule is CNc1c(COCC(F)F)cccc1[N+](=O)[O-]. The minimum atomic E-state index is -2.55. The summed E-state index contributed by atoms with van der Waals surface area (Å²) in [7, 11) is 1.53. The maximum absolute atomic E-state index is 11.9. The van der Waals surface area contributed by atoms with E-state index in [1.54, 1.807) is 6.07 Å². The maximum Gasteiger partial charge on any atom is 0.292 e. The highest BCUT2D eigenvalue weighted by molar-refractivity contribution is 5.65. The second-order valence-corrected chi connectivity index (χ2v) is 3.22. The van der Waals surface area contributed by atoms with Crippen LogP contribution >= 0.6 is 0 Å². The smallest absolute Gasteiger partial charge is 0.292 e. The number of hydrogen-bond acceptors (Lipinski definition) is 4. The molecule has 0 unspecified atom stereocenters. The number of halogens is 2. The quantitative estimate of drug-likeness (QED) is 0.618. The molecule has 0 fully saturated rings. The van der Waals surface area contributed by atoms with E-state index < -0.39 is 18.0 Å². The van der Waals surface area contributed by atoms with Gasteiger partial charge in [0.15, 0.2) is 0 Å². The lowest BCUT2D eigenvalue weighted by atomic mass is 10.1. The van der Waals surface area contributed by atoms with Gasteiger partial charge in [0.2, 0.25) is 0 Å². The van der Waals surface area contributed by atoms with Crippen LogP contribution in [0, 0.1) is 10.1 Å². The molecule has 0 spiro atoms. The lowest BCUT2D eigenvalue weighted by Gasteiger charge is -2.09. The van der Waals surface area contributed by atoms with E-state index in [1.807, 2.05) is 0 Å². The molecule has 0 atom stereocenters. The van der Waals surface area contributed by atoms with E-state index >= 15 is 0 Å². The fourth-order valence-corrected chi connectivity index (χ4v) is 1.41. The Morgan fingerprint density at radius 2 is 2.24 bits per heavy atom. The Morgan fingerprint density at radius 1 is 1.53 bits per heavy atom. The van der Waals surface area contributed by atoms with Crippen molar-refractivity contribution in [3.05, 3.63) is 33.9 Å². The van der Waals surface area contributed by atoms with E-state index in [0.29, 0.717) is 5.56 Å². The van der Waals surface area contributed by atoms with Gasteiger partial charge in [0.25, 0.3) is 12.1 Å². The minimum absolute atomic E-state index is 0.0950. The van der Waals surface area contributed by atoms with Crippen LogP contribution in [0.15, 0.2) is 18.2 Å². The summed E-state index contributed by atoms with van der Waals surface area (Å²) in [4.78, 5) is 10.2. The van der Waals surface area contributed by atoms with Crippen LogP contribution in [-0.2, 0) is 11.3 Å². The first kappa shape index (κ1) is 13.3. The van der Waals surface area contributed by atoms with Crippen LogP contribution in [0.2, 0.25) is 0 Å². The van der Waals surface area contributed by atoms with Crippen molar-refractivity contribution in [1.82, 2.24) is 0 Å². The fourth-order valence-electron chi connectivity index (χ4n) is 1.41. The average molecular weight is 246 g/mol. The molecule has 0 amide bonds. The predicted molar refractivity (Wildman–Crippen MR) is 58.3 cm³/mol. The molecule has 1 aromatic rings. The largest absolute Gasteiger partial charge is 0.382 e. The third-order valence-electron chi connectivity index (χ3n) is 2.08. The molecule has 0 aliphatic heterocycles. The monoisotopic (exact) mass is 246 g/mol. The number of hydrogen-bond donors (Lipinski definition) is 1. The fraction of sp³-hybridized carbons (Fsp3) is 0.400. The number of anilines is 1. The summed E-state index contributed by atoms with van der Waals surface area (Å²) < 4.78 is 28.5. The number of nitro groups is 1. The Hall–Kier alpha value is -1.76. The van der Waals surface area contributed by atoms with Gasteiger partial charge in [-0.15, -0.1) is 0 Å². The first-order chi connectivity index (χ1) is 8.06. The van der Waals surface area contributed by atoms with Gasteiger partial charge in [0.1, 0.15) is 12.3 Å². The Labute approximate surface area is 96.5 Å². The molecule has 17 heavy (non-hydrogen) atoms. The van der Waals surface area contributed by atoms with Gasteiger partial charge in [0.05, 0.1) is 11.5 Å². The van der Waals surface area contributed by atoms with Crippen LogP contribution in [-0.4, -0.2) is 25.0 Å². The van der Waals surface area contributed by atoms with Crippen molar-refractivity contribution < 1.29 is 18.4 Å². The average Bonchev–Trinajstić information content (AvgIpc) is 2.28. The Bertz CT molecular complexity index is 399. The first-order valence-electron chi connectivity index (χ1n) is 4.86. The molecule has 0 aromatic heterocycles. The Kier molecular flexibility index (Phi) is 4.77. The van der Waals surface area contributed by atoms with Crippen molar-refractivity contribution in [3.8, 4) is 0 Å². The number of alkyl halides is 2. The lowest BCUT2D eigenvalue weighted by molar-refractivity contribution is -0.384. The highest BCUT2D eigenvalue weighted by Crippen LogP contribution is 2.28. The van der Waals surface area contributed by atoms with Crippen molar-refractivity contribution in [2.45, 2.75) is 13.0 Å². The minimum Gasteiger partial charge on any atom is -0.382 e. The summed E-state index contributed by atoms with van der Waals surface area (Å²) in [6, 6.07) is 4.41. The summed E-state index contributed by atoms with van der Waals surface area (Å²) in [5, 5.41) is 13.4. The Balaban J connectivity index is 2.84. The van der Waals surface area contributed by atoms with Crippen LogP contribution in [0.5, 0.6) is 0 Å². The second-order valence-electron chi connectivity index (χ2n) is 3.22. The number of ether oxygens (including phenoxy) is 1. The molecule has 0 aliphatic carbocycles. The van der Waals surface area contributed by atoms with Crippen molar-refractivity contribution in [3.63, 3.8) is 0 Å². The van der Waals surface area contributed by atoms with Crippen LogP contribution in [0.25, 0.3) is 0 Å². The lowest BCUT2D eigenvalue weighted by Crippen LogP contribution is -2.07. The van der Waals surface area contributed by atoms with Crippen molar-refractivity contribution >= 4 is 11.4 Å². The number of benzene rings is 1. The van der Waals surface area contributed by atoms with Gasteiger partial charge in [-0.2, -0.15) is 0 Å². The number of nitro benzene ring substituents is 1. The normalized spacial score (nSPS) is 10.6. The zero-order valence-electron chi connectivity index (χ0n) is 9.15. The van der Waals surface area contributed by atoms with Gasteiger partial charge < -0.3 is 10.1 Å². The molecular weight excluding hydrogens is 234 g/mol. The van der Waals surface area contributed by atoms with Crippen molar-refractivity contribution in [2.24, 2.45) is 0 Å². The third kappa shape index (κ3) is 3.63. The van der Waals surface area contributed by atoms with E-state index in [1.165, 1.54) is 19.2 Å². The van der Waals surface area contributed by atoms with E-state index in [9.17, 15) is 18.9 Å². The van der Waals surface area contributed by atoms with Gasteiger partial charge >= 0.3 is 0 Å². The molecule has 5 nitrogen and oxygen atoms in total. The van der Waals surface area contributed by atoms with Gasteiger partial charge in [-0.1, -0.05) is 12.1 Å². The number of nitrogens with one attached hydrogen (secondary N) is 1. The van der Waals surface area contributed by atoms with E-state index in [0.717, 1.165) is 0 Å². The number of nitrogens with zero attached hydrogens (tertiary/aromatic N) is 1. The predicted octanol–water partition coefficient (Wildman–Crippen LogP) is 2.42. The topological polar surface area (TPSA) is 64.4 Å². The molecule has 1 rings (SSSR count). The molecule has 0 saturated carbocycles. The highest BCUT2D eigenvalue weighted by Gasteiger charge is 2.16. The zero-order chi connectivity index (χ0) is 12.8. The molecule has 0 saturated heterocycles. The van der Waals surface area contributed by atoms with E-state index in [-0.39, 0.29) is 18.0 Å². The van der Waals surface area contributed by atoms with Crippen LogP contribution < -0.4 is 5.32 Å². The van der Waals surface area contributed by atoms with Gasteiger partial charge in [-0.3, -0.25) is 10.1 Å². The van der Waals surface area contributed by atoms with Gasteiger partial charge in [0, 0.05) is 18.7 Å². The van der Waals surface area contributed by atoms with E-state index in [4.69, 9.17) is 4.74 Å². The molecule has 0 radical (unpaired) electrons. The molecule has 94 valence electrons. The number of para-hydroxylation sites is 1. The zero-order valence-corrected chi connectivity index (χ0v) is 9.15. The van der Waals surface area contributed by atoms with Crippen LogP contribution in [0.4, 0.5) is 20.2 Å². The Morgan fingerprint density at radius 3 is 2.76 bits per heavy atom. The van der Waals surface area contributed by atoms with E-state index in [2.05, 4.69) is 5.32 Å². The van der Waals surface area contributed by atoms with Gasteiger partial charge in [-0.25, -0.2) is 8.78 Å². The maximum atomic E-state index is 11.9. The second kappa shape index (κ2) is 6.09. The summed E-state index contributed by atoms with van der Waals surface area (Å²) in [5.41, 5.74) is 0.653. The standard InChI is InChI=1S/C10H12F2N2O3/c1-13-10-7(5-17-6-9(11)12)3-2-4-8(10)14(15)16/h2-4,9,13H,5-6H2,1H3. The third-order valence-corrected chi connectivity index (χ3v) is 2.08. The molecule has 0 aliphatic rings. The highest BCUT2D eigenvalue weighted by atomic mass is 19.3.